The number of methoxy groups -OCH3 is 1. The molecule has 0 amide bonds. The van der Waals surface area contributed by atoms with E-state index in [2.05, 4.69) is 65.2 Å². The van der Waals surface area contributed by atoms with Crippen LogP contribution in [0, 0.1) is 6.92 Å². The summed E-state index contributed by atoms with van der Waals surface area (Å²) in [5.74, 6) is 1.41. The second-order valence-electron chi connectivity index (χ2n) is 8.59. The van der Waals surface area contributed by atoms with E-state index in [4.69, 9.17) is 10.5 Å². The molecule has 4 aromatic rings. The Bertz CT molecular complexity index is 1260. The number of likely N-dealkylation sites (tertiary alicyclic amines) is 1. The second kappa shape index (κ2) is 7.78. The normalized spacial score (nSPS) is 17.4. The molecule has 1 aliphatic rings. The first kappa shape index (κ1) is 20.2. The van der Waals surface area contributed by atoms with Crippen LogP contribution in [0.15, 0.2) is 30.6 Å². The quantitative estimate of drug-likeness (QED) is 0.515. The van der Waals surface area contributed by atoms with Gasteiger partial charge in [0.05, 0.1) is 17.5 Å². The number of nitrogens with two attached hydrogens (primary N) is 1. The van der Waals surface area contributed by atoms with Gasteiger partial charge in [0.1, 0.15) is 17.6 Å². The van der Waals surface area contributed by atoms with Crippen molar-refractivity contribution in [2.24, 2.45) is 0 Å². The molecule has 5 rings (SSSR count). The summed E-state index contributed by atoms with van der Waals surface area (Å²) < 4.78 is 8.75. The third kappa shape index (κ3) is 3.54. The molecule has 7 nitrogen and oxygen atoms in total. The molecular weight excluding hydrogens is 408 g/mol. The van der Waals surface area contributed by atoms with Crippen LogP contribution >= 0.6 is 11.3 Å². The van der Waals surface area contributed by atoms with Crippen LogP contribution in [0.1, 0.15) is 17.7 Å². The van der Waals surface area contributed by atoms with Crippen LogP contribution in [0.5, 0.6) is 5.75 Å². The maximum Gasteiger partial charge on any atom is 0.152 e. The Hall–Kier alpha value is -2.68. The van der Waals surface area contributed by atoms with Crippen molar-refractivity contribution in [1.29, 1.82) is 0 Å². The minimum Gasteiger partial charge on any atom is -0.495 e. The Morgan fingerprint density at radius 1 is 1.26 bits per heavy atom. The highest BCUT2D eigenvalue weighted by Gasteiger charge is 2.26. The molecule has 4 heterocycles. The van der Waals surface area contributed by atoms with Crippen LogP contribution in [-0.2, 0) is 6.54 Å². The molecule has 0 aliphatic carbocycles. The predicted octanol–water partition coefficient (Wildman–Crippen LogP) is 3.65. The average Bonchev–Trinajstić information content (AvgIpc) is 3.45. The molecule has 2 N–H and O–H groups in total. The number of fused-ring (bicyclic) bond motifs is 2. The molecule has 1 aliphatic heterocycles. The fraction of sp³-hybridized carbons (Fsp3) is 0.391. The largest absolute Gasteiger partial charge is 0.495 e. The lowest BCUT2D eigenvalue weighted by molar-refractivity contribution is 0.262. The molecule has 31 heavy (non-hydrogen) atoms. The zero-order valence-electron chi connectivity index (χ0n) is 18.4. The van der Waals surface area contributed by atoms with Crippen molar-refractivity contribution in [1.82, 2.24) is 24.4 Å². The number of anilines is 1. The lowest BCUT2D eigenvalue weighted by atomic mass is 10.1. The highest BCUT2D eigenvalue weighted by molar-refractivity contribution is 7.22. The Morgan fingerprint density at radius 2 is 2.10 bits per heavy atom. The van der Waals surface area contributed by atoms with Crippen LogP contribution in [-0.4, -0.2) is 64.7 Å². The zero-order valence-corrected chi connectivity index (χ0v) is 19.2. The van der Waals surface area contributed by atoms with Crippen LogP contribution in [0.25, 0.3) is 26.0 Å². The van der Waals surface area contributed by atoms with Crippen molar-refractivity contribution >= 4 is 32.8 Å². The topological polar surface area (TPSA) is 71.9 Å². The van der Waals surface area contributed by atoms with Gasteiger partial charge in [-0.05, 0) is 56.6 Å². The van der Waals surface area contributed by atoms with E-state index in [0.717, 1.165) is 51.7 Å². The lowest BCUT2D eigenvalue weighted by Gasteiger charge is -2.20. The third-order valence-corrected chi connectivity index (χ3v) is 7.43. The molecule has 1 fully saturated rings. The minimum absolute atomic E-state index is 0.504. The van der Waals surface area contributed by atoms with Crippen LogP contribution in [0.4, 0.5) is 5.82 Å². The maximum absolute atomic E-state index is 6.34. The number of likely N-dealkylation sites (N-methyl/N-ethyl adjacent to an activating group) is 1. The molecule has 1 atom stereocenters. The van der Waals surface area contributed by atoms with E-state index < -0.39 is 0 Å². The SMILES string of the molecule is COc1cc(C)cc2cc(-c3cc(CN4CC[C@@H](N(C)C)C4)n4ncnc(N)c34)sc12. The van der Waals surface area contributed by atoms with Crippen LogP contribution in [0.2, 0.25) is 0 Å². The molecule has 3 aromatic heterocycles. The lowest BCUT2D eigenvalue weighted by Crippen LogP contribution is -2.31. The molecule has 0 spiro atoms. The summed E-state index contributed by atoms with van der Waals surface area (Å²) in [6, 6.07) is 9.33. The Balaban J connectivity index is 1.59. The number of rotatable bonds is 5. The van der Waals surface area contributed by atoms with Crippen molar-refractivity contribution < 1.29 is 4.74 Å². The van der Waals surface area contributed by atoms with E-state index in [9.17, 15) is 0 Å². The third-order valence-electron chi connectivity index (χ3n) is 6.23. The van der Waals surface area contributed by atoms with Gasteiger partial charge in [-0.2, -0.15) is 5.10 Å². The number of hydrogen-bond donors (Lipinski definition) is 1. The maximum atomic E-state index is 6.34. The minimum atomic E-state index is 0.504. The van der Waals surface area contributed by atoms with Crippen molar-refractivity contribution in [2.75, 3.05) is 40.0 Å². The van der Waals surface area contributed by atoms with E-state index in [1.54, 1.807) is 24.8 Å². The van der Waals surface area contributed by atoms with E-state index in [1.165, 1.54) is 17.4 Å². The summed E-state index contributed by atoms with van der Waals surface area (Å²) in [5, 5.41) is 5.74. The van der Waals surface area contributed by atoms with Crippen LogP contribution < -0.4 is 10.5 Å². The van der Waals surface area contributed by atoms with Gasteiger partial charge in [0.2, 0.25) is 0 Å². The van der Waals surface area contributed by atoms with Gasteiger partial charge in [-0.15, -0.1) is 11.3 Å². The Kier molecular flexibility index (Phi) is 5.08. The van der Waals surface area contributed by atoms with Gasteiger partial charge in [0, 0.05) is 36.1 Å². The molecule has 1 aromatic carbocycles. The van der Waals surface area contributed by atoms with E-state index in [0.29, 0.717) is 11.9 Å². The standard InChI is InChI=1S/C23H28N6OS/c1-14-7-15-9-20(31-22(15)19(8-14)30-4)18-10-17(29-21(18)23(24)25-13-26-29)12-28-6-5-16(11-28)27(2)3/h7-10,13,16H,5-6,11-12H2,1-4H3,(H2,24,25,26)/t16-/m1/s1. The van der Waals surface area contributed by atoms with Crippen molar-refractivity contribution in [3.05, 3.63) is 41.9 Å². The smallest absolute Gasteiger partial charge is 0.152 e. The van der Waals surface area contributed by atoms with Crippen molar-refractivity contribution in [3.8, 4) is 16.2 Å². The number of hydrogen-bond acceptors (Lipinski definition) is 7. The van der Waals surface area contributed by atoms with E-state index in [1.807, 2.05) is 4.52 Å². The highest BCUT2D eigenvalue weighted by atomic mass is 32.1. The van der Waals surface area contributed by atoms with Gasteiger partial charge >= 0.3 is 0 Å². The molecule has 0 saturated carbocycles. The summed E-state index contributed by atoms with van der Waals surface area (Å²) >= 11 is 1.72. The number of aryl methyl sites for hydroxylation is 1. The van der Waals surface area contributed by atoms with E-state index in [-0.39, 0.29) is 0 Å². The van der Waals surface area contributed by atoms with Crippen LogP contribution in [0.3, 0.4) is 0 Å². The van der Waals surface area contributed by atoms with Gasteiger partial charge in [-0.3, -0.25) is 4.90 Å². The fourth-order valence-electron chi connectivity index (χ4n) is 4.59. The molecule has 0 radical (unpaired) electrons. The number of ether oxygens (including phenoxy) is 1. The second-order valence-corrected chi connectivity index (χ2v) is 9.64. The number of benzene rings is 1. The monoisotopic (exact) mass is 436 g/mol. The van der Waals surface area contributed by atoms with Gasteiger partial charge in [0.15, 0.2) is 5.82 Å². The summed E-state index contributed by atoms with van der Waals surface area (Å²) in [6.45, 7) is 5.09. The Labute approximate surface area is 186 Å². The number of nitrogen functional groups attached to an aromatic ring is 1. The number of aromatic nitrogens is 3. The molecule has 1 saturated heterocycles. The van der Waals surface area contributed by atoms with Crippen molar-refractivity contribution in [2.45, 2.75) is 25.9 Å². The van der Waals surface area contributed by atoms with Gasteiger partial charge in [-0.25, -0.2) is 9.50 Å². The van der Waals surface area contributed by atoms with Gasteiger partial charge in [-0.1, -0.05) is 6.07 Å². The molecule has 0 unspecified atom stereocenters. The average molecular weight is 437 g/mol. The first-order valence-electron chi connectivity index (χ1n) is 10.5. The predicted molar refractivity (Wildman–Crippen MR) is 127 cm³/mol. The Morgan fingerprint density at radius 3 is 2.84 bits per heavy atom. The van der Waals surface area contributed by atoms with Crippen molar-refractivity contribution in [3.63, 3.8) is 0 Å². The zero-order chi connectivity index (χ0) is 21.7. The summed E-state index contributed by atoms with van der Waals surface area (Å²) in [5.41, 5.74) is 10.6. The molecule has 8 heteroatoms. The van der Waals surface area contributed by atoms with E-state index >= 15 is 0 Å². The van der Waals surface area contributed by atoms with Gasteiger partial charge < -0.3 is 15.4 Å². The molecule has 0 bridgehead atoms. The summed E-state index contributed by atoms with van der Waals surface area (Å²) in [4.78, 5) is 10.2. The summed E-state index contributed by atoms with van der Waals surface area (Å²) in [6.07, 6.45) is 2.73. The summed E-state index contributed by atoms with van der Waals surface area (Å²) in [7, 11) is 6.04. The molecule has 162 valence electrons. The first-order valence-corrected chi connectivity index (χ1v) is 11.3. The van der Waals surface area contributed by atoms with Gasteiger partial charge in [0.25, 0.3) is 0 Å². The fourth-order valence-corrected chi connectivity index (χ4v) is 5.74. The first-order chi connectivity index (χ1) is 14.9. The molecular formula is C23H28N6OS. The number of thiophene rings is 1. The highest BCUT2D eigenvalue weighted by Crippen LogP contribution is 2.42. The number of nitrogens with zero attached hydrogens (tertiary/aromatic N) is 5.